The summed E-state index contributed by atoms with van der Waals surface area (Å²) < 4.78 is 43.6. The van der Waals surface area contributed by atoms with E-state index in [1.54, 1.807) is 60.7 Å². The van der Waals surface area contributed by atoms with Crippen LogP contribution in [0.1, 0.15) is 45.7 Å². The monoisotopic (exact) mass is 866 g/mol. The highest BCUT2D eigenvalue weighted by Gasteiger charge is 2.21. The zero-order valence-electron chi connectivity index (χ0n) is 35.0. The third-order valence-electron chi connectivity index (χ3n) is 8.38. The molecule has 0 spiro atoms. The van der Waals surface area contributed by atoms with Crippen LogP contribution < -0.4 is 20.1 Å². The minimum atomic E-state index is -1.01. The molecule has 0 heterocycles. The predicted molar refractivity (Wildman–Crippen MR) is 228 cm³/mol. The molecular weight excluding hydrogens is 817 g/mol. The van der Waals surface area contributed by atoms with Crippen molar-refractivity contribution in [2.45, 2.75) is 32.7 Å². The van der Waals surface area contributed by atoms with Crippen molar-refractivity contribution in [2.24, 2.45) is 0 Å². The van der Waals surface area contributed by atoms with Crippen molar-refractivity contribution in [2.75, 3.05) is 52.7 Å². The number of para-hydroxylation sites is 2. The number of hydrogen-bond acceptors (Lipinski definition) is 14. The van der Waals surface area contributed by atoms with E-state index in [1.807, 2.05) is 24.3 Å². The highest BCUT2D eigenvalue weighted by molar-refractivity contribution is 6.09. The summed E-state index contributed by atoms with van der Waals surface area (Å²) in [6, 6.07) is 30.4. The van der Waals surface area contributed by atoms with Crippen LogP contribution >= 0.6 is 0 Å². The van der Waals surface area contributed by atoms with Crippen LogP contribution in [0.15, 0.2) is 133 Å². The van der Waals surface area contributed by atoms with Gasteiger partial charge in [0.05, 0.1) is 31.9 Å². The lowest BCUT2D eigenvalue weighted by molar-refractivity contribution is -0.139. The molecule has 2 amide bonds. The van der Waals surface area contributed by atoms with Crippen molar-refractivity contribution in [3.8, 4) is 11.5 Å². The molecular formula is C47H50N2O14. The average molecular weight is 867 g/mol. The molecule has 332 valence electrons. The van der Waals surface area contributed by atoms with Crippen LogP contribution in [0.3, 0.4) is 0 Å². The van der Waals surface area contributed by atoms with Gasteiger partial charge in [-0.25, -0.2) is 24.0 Å². The van der Waals surface area contributed by atoms with E-state index < -0.39 is 42.3 Å². The molecule has 0 aliphatic carbocycles. The fourth-order valence-corrected chi connectivity index (χ4v) is 5.11. The number of ketones is 1. The Labute approximate surface area is 365 Å². The summed E-state index contributed by atoms with van der Waals surface area (Å²) in [5.74, 6) is -1.08. The van der Waals surface area contributed by atoms with Gasteiger partial charge < -0.3 is 48.5 Å². The van der Waals surface area contributed by atoms with Crippen molar-refractivity contribution in [1.29, 1.82) is 0 Å². The van der Waals surface area contributed by atoms with Gasteiger partial charge >= 0.3 is 30.1 Å². The first-order valence-electron chi connectivity index (χ1n) is 19.8. The van der Waals surface area contributed by atoms with Crippen molar-refractivity contribution in [3.63, 3.8) is 0 Å². The standard InChI is InChI=1S/C47H50N2O14/c1-32(2)43(51)57-25-23-48-46(54)62-40(29-59-38-11-7-5-8-12-38)28-56-27-34-15-17-35(18-16-34)42(50)36-19-21-37(22-20-36)45(53)61-31-41(30-60-39-13-9-6-10-14-39)63-47(55)49-24-26-58-44(52)33(3)4/h5-22,40-41H,1,3,23-31H2,2,4H3,(H,48,54)(H,49,55). The molecule has 4 aromatic rings. The largest absolute Gasteiger partial charge is 0.490 e. The summed E-state index contributed by atoms with van der Waals surface area (Å²) in [7, 11) is 0. The van der Waals surface area contributed by atoms with E-state index in [9.17, 15) is 28.8 Å². The number of carbonyl (C=O) groups excluding carboxylic acids is 6. The van der Waals surface area contributed by atoms with E-state index in [0.29, 0.717) is 22.6 Å². The smallest absolute Gasteiger partial charge is 0.407 e. The maximum absolute atomic E-state index is 13.3. The lowest BCUT2D eigenvalue weighted by Crippen LogP contribution is -2.37. The minimum absolute atomic E-state index is 0.00240. The van der Waals surface area contributed by atoms with Crippen molar-refractivity contribution in [1.82, 2.24) is 10.6 Å². The molecule has 4 rings (SSSR count). The van der Waals surface area contributed by atoms with Crippen LogP contribution in [0.5, 0.6) is 11.5 Å². The van der Waals surface area contributed by atoms with E-state index in [1.165, 1.54) is 38.1 Å². The van der Waals surface area contributed by atoms with Crippen molar-refractivity contribution >= 4 is 35.9 Å². The highest BCUT2D eigenvalue weighted by Crippen LogP contribution is 2.16. The summed E-state index contributed by atoms with van der Waals surface area (Å²) in [5, 5.41) is 4.98. The summed E-state index contributed by atoms with van der Waals surface area (Å²) in [6.07, 6.45) is -3.39. The quantitative estimate of drug-likeness (QED) is 0.0252. The zero-order chi connectivity index (χ0) is 45.4. The van der Waals surface area contributed by atoms with E-state index in [4.69, 9.17) is 37.9 Å². The highest BCUT2D eigenvalue weighted by atomic mass is 16.6. The topological polar surface area (TPSA) is 200 Å². The van der Waals surface area contributed by atoms with Gasteiger partial charge in [0.25, 0.3) is 0 Å². The lowest BCUT2D eigenvalue weighted by atomic mass is 10.0. The molecule has 0 saturated heterocycles. The molecule has 0 aliphatic rings. The van der Waals surface area contributed by atoms with Crippen LogP contribution in [0.25, 0.3) is 0 Å². The fraction of sp³-hybridized carbons (Fsp3) is 0.277. The molecule has 0 radical (unpaired) electrons. The van der Waals surface area contributed by atoms with Gasteiger partial charge in [0.1, 0.15) is 44.5 Å². The maximum Gasteiger partial charge on any atom is 0.407 e. The van der Waals surface area contributed by atoms with E-state index >= 15 is 0 Å². The van der Waals surface area contributed by atoms with Gasteiger partial charge in [0, 0.05) is 22.3 Å². The Morgan fingerprint density at radius 3 is 1.41 bits per heavy atom. The molecule has 0 aliphatic heterocycles. The molecule has 2 N–H and O–H groups in total. The molecule has 0 saturated carbocycles. The molecule has 63 heavy (non-hydrogen) atoms. The van der Waals surface area contributed by atoms with E-state index in [0.717, 1.165) is 5.56 Å². The minimum Gasteiger partial charge on any atom is -0.490 e. The Morgan fingerprint density at radius 2 is 0.952 bits per heavy atom. The number of alkyl carbamates (subject to hydrolysis) is 2. The number of ether oxygens (including phenoxy) is 8. The number of nitrogens with one attached hydrogen (secondary N) is 2. The summed E-state index contributed by atoms with van der Waals surface area (Å²) in [4.78, 5) is 74.3. The SMILES string of the molecule is C=C(C)C(=O)OCCNC(=O)OC(COCc1ccc(C(=O)c2ccc(C(=O)OCC(COc3ccccc3)OC(=O)NCCOC(=O)C(=C)C)cc2)cc1)COc1ccccc1. The first kappa shape index (κ1) is 48.2. The molecule has 4 aromatic carbocycles. The van der Waals surface area contributed by atoms with Gasteiger partial charge in [-0.15, -0.1) is 0 Å². The Balaban J connectivity index is 1.26. The van der Waals surface area contributed by atoms with Gasteiger partial charge in [-0.05, 0) is 55.8 Å². The maximum atomic E-state index is 13.3. The lowest BCUT2D eigenvalue weighted by Gasteiger charge is -2.19. The van der Waals surface area contributed by atoms with Gasteiger partial charge in [-0.3, -0.25) is 4.79 Å². The molecule has 0 fully saturated rings. The Kier molecular flexibility index (Phi) is 19.9. The van der Waals surface area contributed by atoms with Gasteiger partial charge in [0.15, 0.2) is 18.0 Å². The van der Waals surface area contributed by atoms with Crippen LogP contribution in [0.2, 0.25) is 0 Å². The molecule has 16 heteroatoms. The molecule has 2 atom stereocenters. The van der Waals surface area contributed by atoms with E-state index in [2.05, 4.69) is 23.8 Å². The molecule has 0 bridgehead atoms. The van der Waals surface area contributed by atoms with Gasteiger partial charge in [-0.1, -0.05) is 86.0 Å². The summed E-state index contributed by atoms with van der Waals surface area (Å²) >= 11 is 0. The van der Waals surface area contributed by atoms with Crippen LogP contribution in [0.4, 0.5) is 9.59 Å². The first-order chi connectivity index (χ1) is 30.4. The number of benzene rings is 4. The second kappa shape index (κ2) is 26.0. The fourth-order valence-electron chi connectivity index (χ4n) is 5.11. The number of hydrogen-bond donors (Lipinski definition) is 2. The van der Waals surface area contributed by atoms with Gasteiger partial charge in [0.2, 0.25) is 0 Å². The Morgan fingerprint density at radius 1 is 0.524 bits per heavy atom. The zero-order valence-corrected chi connectivity index (χ0v) is 35.0. The summed E-state index contributed by atoms with van der Waals surface area (Å²) in [5.41, 5.74) is 2.08. The predicted octanol–water partition coefficient (Wildman–Crippen LogP) is 6.18. The Hall–Kier alpha value is -7.46. The normalized spacial score (nSPS) is 11.4. The number of amides is 2. The Bertz CT molecular complexity index is 2140. The van der Waals surface area contributed by atoms with Crippen LogP contribution in [-0.2, 0) is 44.6 Å². The van der Waals surface area contributed by atoms with Crippen molar-refractivity contribution in [3.05, 3.63) is 156 Å². The number of carbonyl (C=O) groups is 6. The average Bonchev–Trinajstić information content (AvgIpc) is 3.29. The van der Waals surface area contributed by atoms with Crippen LogP contribution in [0, 0.1) is 0 Å². The first-order valence-corrected chi connectivity index (χ1v) is 19.8. The molecule has 2 unspecified atom stereocenters. The van der Waals surface area contributed by atoms with Gasteiger partial charge in [-0.2, -0.15) is 0 Å². The second-order valence-electron chi connectivity index (χ2n) is 13.7. The third-order valence-corrected chi connectivity index (χ3v) is 8.38. The van der Waals surface area contributed by atoms with Crippen molar-refractivity contribution < 1.29 is 66.7 Å². The van der Waals surface area contributed by atoms with Crippen LogP contribution in [-0.4, -0.2) is 101 Å². The number of esters is 3. The molecule has 16 nitrogen and oxygen atoms in total. The summed E-state index contributed by atoms with van der Waals surface area (Å²) in [6.45, 7) is 9.50. The van der Waals surface area contributed by atoms with E-state index in [-0.39, 0.29) is 81.8 Å². The third kappa shape index (κ3) is 18.0. The molecule has 0 aromatic heterocycles. The number of rotatable bonds is 25. The second-order valence-corrected chi connectivity index (χ2v) is 13.7.